The molecule has 7 heteroatoms. The molecular formula is C17H20N2O5. The van der Waals surface area contributed by atoms with Gasteiger partial charge in [-0.05, 0) is 24.5 Å². The predicted octanol–water partition coefficient (Wildman–Crippen LogP) is 0.986. The average molecular weight is 332 g/mol. The fourth-order valence-electron chi connectivity index (χ4n) is 2.55. The summed E-state index contributed by atoms with van der Waals surface area (Å²) in [6, 6.07) is 5.38. The number of carbonyl (C=O) groups is 4. The molecule has 0 fully saturated rings. The van der Waals surface area contributed by atoms with E-state index >= 15 is 0 Å². The van der Waals surface area contributed by atoms with Crippen LogP contribution in [0.25, 0.3) is 0 Å². The van der Waals surface area contributed by atoms with Gasteiger partial charge in [0.05, 0.1) is 11.1 Å². The summed E-state index contributed by atoms with van der Waals surface area (Å²) in [4.78, 5) is 49.7. The van der Waals surface area contributed by atoms with Gasteiger partial charge in [-0.3, -0.25) is 19.3 Å². The first-order valence-electron chi connectivity index (χ1n) is 7.71. The van der Waals surface area contributed by atoms with E-state index in [0.29, 0.717) is 0 Å². The molecule has 1 heterocycles. The molecule has 1 aliphatic rings. The van der Waals surface area contributed by atoms with Gasteiger partial charge in [0.25, 0.3) is 17.7 Å². The maximum absolute atomic E-state index is 12.5. The number of likely N-dealkylation sites (N-methyl/N-ethyl adjacent to an activating group) is 1. The lowest BCUT2D eigenvalue weighted by molar-refractivity contribution is -0.152. The van der Waals surface area contributed by atoms with E-state index in [4.69, 9.17) is 4.74 Å². The van der Waals surface area contributed by atoms with Crippen molar-refractivity contribution in [1.82, 2.24) is 10.2 Å². The van der Waals surface area contributed by atoms with E-state index in [9.17, 15) is 19.2 Å². The predicted molar refractivity (Wildman–Crippen MR) is 85.2 cm³/mol. The molecule has 1 N–H and O–H groups in total. The normalized spacial score (nSPS) is 14.6. The standard InChI is InChI=1S/C17H20N2O5/c1-10(2)8-13(17(23)24-9-14(20)18-3)19-15(21)11-6-4-5-7-12(11)16(19)22/h4-7,10,13H,8-9H2,1-3H3,(H,18,20). The Hall–Kier alpha value is -2.70. The smallest absolute Gasteiger partial charge is 0.329 e. The van der Waals surface area contributed by atoms with Crippen molar-refractivity contribution >= 4 is 23.7 Å². The zero-order valence-electron chi connectivity index (χ0n) is 13.9. The fraction of sp³-hybridized carbons (Fsp3) is 0.412. The highest BCUT2D eigenvalue weighted by Gasteiger charge is 2.43. The molecule has 1 unspecified atom stereocenters. The monoisotopic (exact) mass is 332 g/mol. The Labute approximate surface area is 140 Å². The van der Waals surface area contributed by atoms with Crippen molar-refractivity contribution in [2.24, 2.45) is 5.92 Å². The molecule has 1 aromatic carbocycles. The lowest BCUT2D eigenvalue weighted by Crippen LogP contribution is -2.47. The number of nitrogens with zero attached hydrogens (tertiary/aromatic N) is 1. The molecular weight excluding hydrogens is 312 g/mol. The van der Waals surface area contributed by atoms with Crippen LogP contribution in [-0.2, 0) is 14.3 Å². The number of ether oxygens (including phenoxy) is 1. The third-order valence-corrected chi connectivity index (χ3v) is 3.73. The molecule has 0 saturated heterocycles. The van der Waals surface area contributed by atoms with Gasteiger partial charge in [0.15, 0.2) is 6.61 Å². The molecule has 2 rings (SSSR count). The maximum atomic E-state index is 12.5. The second kappa shape index (κ2) is 7.25. The first-order valence-corrected chi connectivity index (χ1v) is 7.71. The Morgan fingerprint density at radius 1 is 1.12 bits per heavy atom. The van der Waals surface area contributed by atoms with Crippen LogP contribution in [0, 0.1) is 5.92 Å². The van der Waals surface area contributed by atoms with Gasteiger partial charge in [0.2, 0.25) is 0 Å². The van der Waals surface area contributed by atoms with E-state index < -0.39 is 36.3 Å². The number of esters is 1. The lowest BCUT2D eigenvalue weighted by Gasteiger charge is -2.25. The summed E-state index contributed by atoms with van der Waals surface area (Å²) < 4.78 is 4.97. The minimum atomic E-state index is -1.05. The van der Waals surface area contributed by atoms with Gasteiger partial charge in [0, 0.05) is 7.05 Å². The molecule has 0 bridgehead atoms. The molecule has 0 radical (unpaired) electrons. The van der Waals surface area contributed by atoms with Crippen LogP contribution in [0.2, 0.25) is 0 Å². The van der Waals surface area contributed by atoms with E-state index in [2.05, 4.69) is 5.32 Å². The topological polar surface area (TPSA) is 92.8 Å². The summed E-state index contributed by atoms with van der Waals surface area (Å²) in [5.74, 6) is -2.21. The molecule has 0 spiro atoms. The minimum Gasteiger partial charge on any atom is -0.454 e. The summed E-state index contributed by atoms with van der Waals surface area (Å²) in [6.45, 7) is 3.29. The summed E-state index contributed by atoms with van der Waals surface area (Å²) in [5, 5.41) is 2.34. The zero-order valence-corrected chi connectivity index (χ0v) is 13.9. The molecule has 1 aliphatic heterocycles. The average Bonchev–Trinajstić information content (AvgIpc) is 2.81. The van der Waals surface area contributed by atoms with Crippen LogP contribution < -0.4 is 5.32 Å². The first kappa shape index (κ1) is 17.7. The van der Waals surface area contributed by atoms with Crippen LogP contribution in [0.15, 0.2) is 24.3 Å². The van der Waals surface area contributed by atoms with Crippen LogP contribution in [0.1, 0.15) is 41.0 Å². The second-order valence-corrected chi connectivity index (χ2v) is 5.95. The maximum Gasteiger partial charge on any atom is 0.329 e. The number of rotatable bonds is 6. The number of nitrogens with one attached hydrogen (secondary N) is 1. The number of benzene rings is 1. The van der Waals surface area contributed by atoms with Crippen LogP contribution in [0.4, 0.5) is 0 Å². The lowest BCUT2D eigenvalue weighted by atomic mass is 10.0. The fourth-order valence-corrected chi connectivity index (χ4v) is 2.55. The van der Waals surface area contributed by atoms with Gasteiger partial charge < -0.3 is 10.1 Å². The number of hydrogen-bond acceptors (Lipinski definition) is 5. The zero-order chi connectivity index (χ0) is 17.9. The van der Waals surface area contributed by atoms with E-state index in [1.54, 1.807) is 24.3 Å². The van der Waals surface area contributed by atoms with Crippen molar-refractivity contribution < 1.29 is 23.9 Å². The molecule has 1 aromatic rings. The van der Waals surface area contributed by atoms with Crippen molar-refractivity contribution in [2.75, 3.05) is 13.7 Å². The molecule has 3 amide bonds. The van der Waals surface area contributed by atoms with Crippen LogP contribution in [-0.4, -0.2) is 48.3 Å². The summed E-state index contributed by atoms with van der Waals surface area (Å²) in [6.07, 6.45) is 0.262. The van der Waals surface area contributed by atoms with Gasteiger partial charge >= 0.3 is 5.97 Å². The summed E-state index contributed by atoms with van der Waals surface area (Å²) in [5.41, 5.74) is 0.547. The number of carbonyl (C=O) groups excluding carboxylic acids is 4. The Bertz CT molecular complexity index is 648. The SMILES string of the molecule is CNC(=O)COC(=O)C(CC(C)C)N1C(=O)c2ccccc2C1=O. The Morgan fingerprint density at radius 2 is 1.67 bits per heavy atom. The molecule has 24 heavy (non-hydrogen) atoms. The highest BCUT2D eigenvalue weighted by molar-refractivity contribution is 6.22. The van der Waals surface area contributed by atoms with E-state index in [1.807, 2.05) is 13.8 Å². The van der Waals surface area contributed by atoms with Crippen molar-refractivity contribution in [3.05, 3.63) is 35.4 Å². The van der Waals surface area contributed by atoms with E-state index in [-0.39, 0.29) is 23.5 Å². The van der Waals surface area contributed by atoms with Crippen molar-refractivity contribution in [1.29, 1.82) is 0 Å². The highest BCUT2D eigenvalue weighted by Crippen LogP contribution is 2.27. The minimum absolute atomic E-state index is 0.0480. The number of fused-ring (bicyclic) bond motifs is 1. The molecule has 0 aromatic heterocycles. The third kappa shape index (κ3) is 3.45. The molecule has 0 saturated carbocycles. The largest absolute Gasteiger partial charge is 0.454 e. The summed E-state index contributed by atoms with van der Waals surface area (Å²) in [7, 11) is 1.42. The quantitative estimate of drug-likeness (QED) is 0.619. The van der Waals surface area contributed by atoms with Crippen LogP contribution in [0.3, 0.4) is 0 Å². The van der Waals surface area contributed by atoms with Crippen molar-refractivity contribution in [3.8, 4) is 0 Å². The third-order valence-electron chi connectivity index (χ3n) is 3.73. The van der Waals surface area contributed by atoms with Gasteiger partial charge in [-0.2, -0.15) is 0 Å². The Morgan fingerprint density at radius 3 is 2.12 bits per heavy atom. The molecule has 7 nitrogen and oxygen atoms in total. The highest BCUT2D eigenvalue weighted by atomic mass is 16.5. The first-order chi connectivity index (χ1) is 11.4. The molecule has 128 valence electrons. The van der Waals surface area contributed by atoms with Crippen molar-refractivity contribution in [2.45, 2.75) is 26.3 Å². The molecule has 1 atom stereocenters. The van der Waals surface area contributed by atoms with E-state index in [0.717, 1.165) is 4.90 Å². The second-order valence-electron chi connectivity index (χ2n) is 5.95. The summed E-state index contributed by atoms with van der Waals surface area (Å²) >= 11 is 0. The van der Waals surface area contributed by atoms with Gasteiger partial charge in [0.1, 0.15) is 6.04 Å². The van der Waals surface area contributed by atoms with Gasteiger partial charge in [-0.25, -0.2) is 4.79 Å². The number of amides is 3. The Kier molecular flexibility index (Phi) is 5.33. The van der Waals surface area contributed by atoms with Crippen molar-refractivity contribution in [3.63, 3.8) is 0 Å². The van der Waals surface area contributed by atoms with Crippen LogP contribution >= 0.6 is 0 Å². The van der Waals surface area contributed by atoms with E-state index in [1.165, 1.54) is 7.05 Å². The van der Waals surface area contributed by atoms with Gasteiger partial charge in [-0.1, -0.05) is 26.0 Å². The number of imide groups is 1. The Balaban J connectivity index is 2.26. The van der Waals surface area contributed by atoms with Gasteiger partial charge in [-0.15, -0.1) is 0 Å². The molecule has 0 aliphatic carbocycles. The number of hydrogen-bond donors (Lipinski definition) is 1. The van der Waals surface area contributed by atoms with Crippen LogP contribution in [0.5, 0.6) is 0 Å².